The Labute approximate surface area is 91.3 Å². The molecule has 0 atom stereocenters. The highest BCUT2D eigenvalue weighted by Gasteiger charge is 2.05. The smallest absolute Gasteiger partial charge is 0.150 e. The maximum atomic E-state index is 10.7. The lowest BCUT2D eigenvalue weighted by atomic mass is 10.1. The van der Waals surface area contributed by atoms with E-state index in [2.05, 4.69) is 4.98 Å². The number of nitrogens with one attached hydrogen (secondary N) is 1. The van der Waals surface area contributed by atoms with E-state index in [9.17, 15) is 9.90 Å². The third-order valence-corrected chi connectivity index (χ3v) is 2.74. The highest BCUT2D eigenvalue weighted by molar-refractivity contribution is 6.08. The second-order valence-electron chi connectivity index (χ2n) is 3.78. The minimum Gasteiger partial charge on any atom is -0.508 e. The van der Waals surface area contributed by atoms with Crippen molar-refractivity contribution in [2.75, 3.05) is 0 Å². The molecule has 1 heterocycles. The first-order valence-corrected chi connectivity index (χ1v) is 4.97. The van der Waals surface area contributed by atoms with Gasteiger partial charge in [0.05, 0.1) is 5.52 Å². The Kier molecular flexibility index (Phi) is 1.74. The van der Waals surface area contributed by atoms with Crippen LogP contribution in [-0.4, -0.2) is 16.4 Å². The number of benzene rings is 2. The summed E-state index contributed by atoms with van der Waals surface area (Å²) >= 11 is 0. The summed E-state index contributed by atoms with van der Waals surface area (Å²) in [5, 5.41) is 11.4. The summed E-state index contributed by atoms with van der Waals surface area (Å²) in [5.74, 6) is 0.231. The predicted molar refractivity (Wildman–Crippen MR) is 62.9 cm³/mol. The summed E-state index contributed by atoms with van der Waals surface area (Å²) in [5.41, 5.74) is 2.49. The average Bonchev–Trinajstić information content (AvgIpc) is 2.65. The van der Waals surface area contributed by atoms with Crippen LogP contribution in [0.1, 0.15) is 10.4 Å². The van der Waals surface area contributed by atoms with Crippen molar-refractivity contribution < 1.29 is 9.90 Å². The average molecular weight is 211 g/mol. The largest absolute Gasteiger partial charge is 0.508 e. The summed E-state index contributed by atoms with van der Waals surface area (Å²) in [4.78, 5) is 13.9. The van der Waals surface area contributed by atoms with Crippen molar-refractivity contribution in [2.45, 2.75) is 0 Å². The van der Waals surface area contributed by atoms with Crippen LogP contribution in [0.5, 0.6) is 5.75 Å². The van der Waals surface area contributed by atoms with Crippen LogP contribution < -0.4 is 0 Å². The van der Waals surface area contributed by atoms with Crippen LogP contribution in [0.2, 0.25) is 0 Å². The molecule has 2 aromatic carbocycles. The van der Waals surface area contributed by atoms with Gasteiger partial charge in [0.25, 0.3) is 0 Å². The van der Waals surface area contributed by atoms with Crippen LogP contribution >= 0.6 is 0 Å². The Hall–Kier alpha value is -2.29. The lowest BCUT2D eigenvalue weighted by Gasteiger charge is -1.93. The molecule has 0 unspecified atom stereocenters. The number of hydrogen-bond acceptors (Lipinski definition) is 2. The SMILES string of the molecule is O=Cc1ccc2[nH]c3cc(O)ccc3c2c1. The molecule has 16 heavy (non-hydrogen) atoms. The van der Waals surface area contributed by atoms with Gasteiger partial charge in [-0.05, 0) is 30.3 Å². The first-order valence-electron chi connectivity index (χ1n) is 4.97. The van der Waals surface area contributed by atoms with Gasteiger partial charge < -0.3 is 10.1 Å². The minimum absolute atomic E-state index is 0.231. The van der Waals surface area contributed by atoms with Gasteiger partial charge >= 0.3 is 0 Å². The molecule has 0 radical (unpaired) electrons. The number of carbonyl (C=O) groups excluding carboxylic acids is 1. The first kappa shape index (κ1) is 8.97. The highest BCUT2D eigenvalue weighted by Crippen LogP contribution is 2.28. The molecule has 1 aromatic heterocycles. The van der Waals surface area contributed by atoms with Crippen LogP contribution in [-0.2, 0) is 0 Å². The normalized spacial score (nSPS) is 11.0. The van der Waals surface area contributed by atoms with E-state index in [-0.39, 0.29) is 5.75 Å². The molecular formula is C13H9NO2. The van der Waals surface area contributed by atoms with Gasteiger partial charge in [-0.2, -0.15) is 0 Å². The molecule has 78 valence electrons. The van der Waals surface area contributed by atoms with E-state index in [4.69, 9.17) is 0 Å². The number of phenols is 1. The van der Waals surface area contributed by atoms with Gasteiger partial charge in [0, 0.05) is 27.9 Å². The Bertz CT molecular complexity index is 698. The highest BCUT2D eigenvalue weighted by atomic mass is 16.3. The Morgan fingerprint density at radius 1 is 1.00 bits per heavy atom. The number of carbonyl (C=O) groups is 1. The lowest BCUT2D eigenvalue weighted by Crippen LogP contribution is -1.77. The molecular weight excluding hydrogens is 202 g/mol. The molecule has 3 heteroatoms. The van der Waals surface area contributed by atoms with E-state index < -0.39 is 0 Å². The van der Waals surface area contributed by atoms with Gasteiger partial charge in [0.15, 0.2) is 0 Å². The number of hydrogen-bond donors (Lipinski definition) is 2. The zero-order chi connectivity index (χ0) is 11.1. The summed E-state index contributed by atoms with van der Waals surface area (Å²) in [6.45, 7) is 0. The molecule has 0 aliphatic carbocycles. The van der Waals surface area contributed by atoms with Gasteiger partial charge in [0.1, 0.15) is 12.0 Å². The van der Waals surface area contributed by atoms with Crippen molar-refractivity contribution in [1.82, 2.24) is 4.98 Å². The molecule has 0 saturated heterocycles. The molecule has 0 amide bonds. The van der Waals surface area contributed by atoms with E-state index in [1.54, 1.807) is 18.2 Å². The fraction of sp³-hybridized carbons (Fsp3) is 0. The molecule has 3 aromatic rings. The second kappa shape index (κ2) is 3.10. The van der Waals surface area contributed by atoms with Gasteiger partial charge in [-0.3, -0.25) is 4.79 Å². The topological polar surface area (TPSA) is 53.1 Å². The van der Waals surface area contributed by atoms with Crippen molar-refractivity contribution in [3.63, 3.8) is 0 Å². The third-order valence-electron chi connectivity index (χ3n) is 2.74. The Morgan fingerprint density at radius 3 is 2.69 bits per heavy atom. The van der Waals surface area contributed by atoms with Crippen molar-refractivity contribution in [3.8, 4) is 5.75 Å². The van der Waals surface area contributed by atoms with Gasteiger partial charge in [-0.15, -0.1) is 0 Å². The third kappa shape index (κ3) is 1.18. The first-order chi connectivity index (χ1) is 7.78. The van der Waals surface area contributed by atoms with E-state index in [0.717, 1.165) is 28.1 Å². The van der Waals surface area contributed by atoms with E-state index in [1.807, 2.05) is 18.2 Å². The van der Waals surface area contributed by atoms with Crippen LogP contribution in [0.25, 0.3) is 21.8 Å². The number of aromatic amines is 1. The maximum Gasteiger partial charge on any atom is 0.150 e. The fourth-order valence-corrected chi connectivity index (χ4v) is 1.98. The standard InChI is InChI=1S/C13H9NO2/c15-7-8-1-4-12-11(5-8)10-3-2-9(16)6-13(10)14-12/h1-7,14,16H. The predicted octanol–water partition coefficient (Wildman–Crippen LogP) is 2.84. The molecule has 0 aliphatic heterocycles. The molecule has 0 spiro atoms. The summed E-state index contributed by atoms with van der Waals surface area (Å²) in [6, 6.07) is 10.6. The van der Waals surface area contributed by atoms with E-state index >= 15 is 0 Å². The summed E-state index contributed by atoms with van der Waals surface area (Å²) < 4.78 is 0. The minimum atomic E-state index is 0.231. The fourth-order valence-electron chi connectivity index (χ4n) is 1.98. The van der Waals surface area contributed by atoms with Crippen molar-refractivity contribution in [3.05, 3.63) is 42.0 Å². The van der Waals surface area contributed by atoms with Gasteiger partial charge in [-0.25, -0.2) is 0 Å². The number of rotatable bonds is 1. The molecule has 3 rings (SSSR count). The second-order valence-corrected chi connectivity index (χ2v) is 3.78. The number of aromatic hydroxyl groups is 1. The van der Waals surface area contributed by atoms with Crippen molar-refractivity contribution in [2.24, 2.45) is 0 Å². The molecule has 0 fully saturated rings. The van der Waals surface area contributed by atoms with Gasteiger partial charge in [-0.1, -0.05) is 0 Å². The molecule has 0 bridgehead atoms. The molecule has 0 aliphatic rings. The number of aromatic nitrogens is 1. The number of fused-ring (bicyclic) bond motifs is 3. The van der Waals surface area contributed by atoms with Gasteiger partial charge in [0.2, 0.25) is 0 Å². The Balaban J connectivity index is 2.47. The maximum absolute atomic E-state index is 10.7. The van der Waals surface area contributed by atoms with Crippen LogP contribution in [0.3, 0.4) is 0 Å². The van der Waals surface area contributed by atoms with Crippen LogP contribution in [0.15, 0.2) is 36.4 Å². The quantitative estimate of drug-likeness (QED) is 0.608. The molecule has 0 saturated carbocycles. The zero-order valence-electron chi connectivity index (χ0n) is 8.40. The van der Waals surface area contributed by atoms with Crippen LogP contribution in [0, 0.1) is 0 Å². The summed E-state index contributed by atoms with van der Waals surface area (Å²) in [7, 11) is 0. The zero-order valence-corrected chi connectivity index (χ0v) is 8.40. The van der Waals surface area contributed by atoms with Crippen LogP contribution in [0.4, 0.5) is 0 Å². The molecule has 2 N–H and O–H groups in total. The van der Waals surface area contributed by atoms with Crippen molar-refractivity contribution >= 4 is 28.1 Å². The van der Waals surface area contributed by atoms with E-state index in [0.29, 0.717) is 5.56 Å². The number of aldehydes is 1. The molecule has 3 nitrogen and oxygen atoms in total. The Morgan fingerprint density at radius 2 is 1.88 bits per heavy atom. The van der Waals surface area contributed by atoms with E-state index in [1.165, 1.54) is 0 Å². The van der Waals surface area contributed by atoms with Crippen molar-refractivity contribution in [1.29, 1.82) is 0 Å². The number of H-pyrrole nitrogens is 1. The monoisotopic (exact) mass is 211 g/mol. The summed E-state index contributed by atoms with van der Waals surface area (Å²) in [6.07, 6.45) is 0.832. The lowest BCUT2D eigenvalue weighted by molar-refractivity contribution is 0.112. The number of phenolic OH excluding ortho intramolecular Hbond substituents is 1.